The number of hydrogen-bond donors (Lipinski definition) is 2. The summed E-state index contributed by atoms with van der Waals surface area (Å²) in [5, 5.41) is 5.23. The normalized spacial score (nSPS) is 16.3. The molecule has 2 aromatic rings. The van der Waals surface area contributed by atoms with E-state index >= 15 is 0 Å². The molecule has 0 radical (unpaired) electrons. The molecule has 2 heterocycles. The van der Waals surface area contributed by atoms with Gasteiger partial charge < -0.3 is 10.6 Å². The molecule has 0 spiro atoms. The molecule has 3 rings (SSSR count). The van der Waals surface area contributed by atoms with Crippen LogP contribution >= 0.6 is 0 Å². The highest BCUT2D eigenvalue weighted by Crippen LogP contribution is 2.12. The van der Waals surface area contributed by atoms with Crippen molar-refractivity contribution in [3.8, 4) is 0 Å². The summed E-state index contributed by atoms with van der Waals surface area (Å²) >= 11 is 0. The Morgan fingerprint density at radius 3 is 2.70 bits per heavy atom. The molecule has 1 saturated heterocycles. The van der Waals surface area contributed by atoms with Crippen LogP contribution in [0.5, 0.6) is 0 Å². The third-order valence-electron chi connectivity index (χ3n) is 4.25. The largest absolute Gasteiger partial charge is 0.352 e. The monoisotopic (exact) mass is 370 g/mol. The lowest BCUT2D eigenvalue weighted by Gasteiger charge is -2.13. The third-order valence-corrected chi connectivity index (χ3v) is 4.25. The number of nitrogens with one attached hydrogen (secondary N) is 2. The van der Waals surface area contributed by atoms with Gasteiger partial charge in [0.05, 0.1) is 6.42 Å². The van der Waals surface area contributed by atoms with Crippen LogP contribution in [0.4, 0.5) is 9.18 Å². The number of amides is 4. The lowest BCUT2D eigenvalue weighted by Crippen LogP contribution is -2.36. The fraction of sp³-hybridized carbons (Fsp3) is 0.263. The number of nitrogens with zero attached hydrogens (tertiary/aromatic N) is 2. The van der Waals surface area contributed by atoms with Crippen LogP contribution < -0.4 is 10.6 Å². The van der Waals surface area contributed by atoms with Gasteiger partial charge in [0, 0.05) is 25.5 Å². The number of urea groups is 1. The Balaban J connectivity index is 1.50. The van der Waals surface area contributed by atoms with Gasteiger partial charge in [-0.2, -0.15) is 0 Å². The summed E-state index contributed by atoms with van der Waals surface area (Å²) in [6.07, 6.45) is 3.46. The molecule has 140 valence electrons. The maximum atomic E-state index is 13.2. The zero-order valence-electron chi connectivity index (χ0n) is 14.5. The van der Waals surface area contributed by atoms with E-state index in [-0.39, 0.29) is 24.7 Å². The second kappa shape index (κ2) is 8.39. The average molecular weight is 370 g/mol. The van der Waals surface area contributed by atoms with Crippen LogP contribution in [0.2, 0.25) is 0 Å². The molecule has 0 saturated carbocycles. The number of carbonyl (C=O) groups excluding carboxylic acids is 3. The topological polar surface area (TPSA) is 91.4 Å². The number of imide groups is 1. The number of hydrogen-bond acceptors (Lipinski definition) is 4. The Bertz CT molecular complexity index is 844. The van der Waals surface area contributed by atoms with Crippen LogP contribution in [0.15, 0.2) is 48.8 Å². The third kappa shape index (κ3) is 4.87. The van der Waals surface area contributed by atoms with Gasteiger partial charge in [0.1, 0.15) is 11.9 Å². The summed E-state index contributed by atoms with van der Waals surface area (Å²) in [5.41, 5.74) is 1.57. The predicted molar refractivity (Wildman–Crippen MR) is 94.8 cm³/mol. The highest BCUT2D eigenvalue weighted by Gasteiger charge is 2.38. The summed E-state index contributed by atoms with van der Waals surface area (Å²) in [5.74, 6) is -1.15. The summed E-state index contributed by atoms with van der Waals surface area (Å²) in [6.45, 7) is 0.447. The van der Waals surface area contributed by atoms with Crippen molar-refractivity contribution < 1.29 is 18.8 Å². The van der Waals surface area contributed by atoms with E-state index in [2.05, 4.69) is 15.6 Å². The second-order valence-corrected chi connectivity index (χ2v) is 6.21. The fourth-order valence-corrected chi connectivity index (χ4v) is 2.82. The van der Waals surface area contributed by atoms with Crippen molar-refractivity contribution in [2.75, 3.05) is 6.54 Å². The van der Waals surface area contributed by atoms with Crippen LogP contribution in [0.1, 0.15) is 17.5 Å². The summed E-state index contributed by atoms with van der Waals surface area (Å²) in [6, 6.07) is 8.12. The second-order valence-electron chi connectivity index (χ2n) is 6.21. The van der Waals surface area contributed by atoms with Crippen LogP contribution in [-0.4, -0.2) is 40.3 Å². The first-order chi connectivity index (χ1) is 13.0. The maximum Gasteiger partial charge on any atom is 0.324 e. The molecule has 27 heavy (non-hydrogen) atoms. The van der Waals surface area contributed by atoms with E-state index in [1.165, 1.54) is 12.1 Å². The zero-order valence-corrected chi connectivity index (χ0v) is 14.5. The molecular weight excluding hydrogens is 351 g/mol. The Morgan fingerprint density at radius 1 is 1.19 bits per heavy atom. The molecule has 1 aromatic heterocycles. The summed E-state index contributed by atoms with van der Waals surface area (Å²) in [7, 11) is 0. The highest BCUT2D eigenvalue weighted by molar-refractivity contribution is 6.05. The molecular formula is C19H19FN4O3. The first kappa shape index (κ1) is 18.5. The highest BCUT2D eigenvalue weighted by atomic mass is 19.1. The van der Waals surface area contributed by atoms with Crippen LogP contribution in [0, 0.1) is 5.82 Å². The molecule has 0 aliphatic carbocycles. The molecule has 1 aromatic carbocycles. The minimum absolute atomic E-state index is 0.128. The molecule has 1 fully saturated rings. The van der Waals surface area contributed by atoms with Crippen molar-refractivity contribution in [1.82, 2.24) is 20.5 Å². The van der Waals surface area contributed by atoms with Crippen molar-refractivity contribution in [2.45, 2.75) is 25.4 Å². The Kier molecular flexibility index (Phi) is 5.75. The molecule has 1 aliphatic rings. The van der Waals surface area contributed by atoms with E-state index < -0.39 is 18.0 Å². The van der Waals surface area contributed by atoms with Gasteiger partial charge in [-0.3, -0.25) is 19.5 Å². The van der Waals surface area contributed by atoms with Gasteiger partial charge in [0.2, 0.25) is 5.91 Å². The predicted octanol–water partition coefficient (Wildman–Crippen LogP) is 1.39. The zero-order chi connectivity index (χ0) is 19.2. The number of carbonyl (C=O) groups is 3. The summed E-state index contributed by atoms with van der Waals surface area (Å²) < 4.78 is 13.2. The van der Waals surface area contributed by atoms with Crippen LogP contribution in [-0.2, 0) is 22.6 Å². The first-order valence-corrected chi connectivity index (χ1v) is 8.55. The van der Waals surface area contributed by atoms with E-state index in [1.807, 2.05) is 0 Å². The van der Waals surface area contributed by atoms with Crippen molar-refractivity contribution in [3.63, 3.8) is 0 Å². The lowest BCUT2D eigenvalue weighted by atomic mass is 10.1. The van der Waals surface area contributed by atoms with Crippen molar-refractivity contribution in [1.29, 1.82) is 0 Å². The number of aromatic nitrogens is 1. The van der Waals surface area contributed by atoms with Crippen molar-refractivity contribution >= 4 is 17.8 Å². The van der Waals surface area contributed by atoms with E-state index in [9.17, 15) is 18.8 Å². The molecule has 4 amide bonds. The van der Waals surface area contributed by atoms with Gasteiger partial charge in [0.15, 0.2) is 0 Å². The SMILES string of the molecule is O=C(C[C@H]1NC(=O)N(CCc2cccc(F)c2)C1=O)NCc1ccncc1. The lowest BCUT2D eigenvalue weighted by molar-refractivity contribution is -0.130. The molecule has 8 heteroatoms. The number of halogens is 1. The Morgan fingerprint density at radius 2 is 1.96 bits per heavy atom. The minimum Gasteiger partial charge on any atom is -0.352 e. The fourth-order valence-electron chi connectivity index (χ4n) is 2.82. The van der Waals surface area contributed by atoms with Gasteiger partial charge in [-0.1, -0.05) is 12.1 Å². The standard InChI is InChI=1S/C19H19FN4O3/c20-15-3-1-2-13(10-15)6-9-24-18(26)16(23-19(24)27)11-17(25)22-12-14-4-7-21-8-5-14/h1-5,7-8,10,16H,6,9,11-12H2,(H,22,25)(H,23,27)/t16-/m1/s1. The summed E-state index contributed by atoms with van der Waals surface area (Å²) in [4.78, 5) is 41.4. The molecule has 7 nitrogen and oxygen atoms in total. The van der Waals surface area contributed by atoms with Gasteiger partial charge in [-0.25, -0.2) is 9.18 Å². The first-order valence-electron chi connectivity index (χ1n) is 8.55. The van der Waals surface area contributed by atoms with Gasteiger partial charge in [-0.15, -0.1) is 0 Å². The van der Waals surface area contributed by atoms with E-state index in [4.69, 9.17) is 0 Å². The van der Waals surface area contributed by atoms with Crippen molar-refractivity contribution in [2.24, 2.45) is 0 Å². The number of pyridine rings is 1. The van der Waals surface area contributed by atoms with Gasteiger partial charge in [-0.05, 0) is 41.8 Å². The van der Waals surface area contributed by atoms with Gasteiger partial charge >= 0.3 is 6.03 Å². The molecule has 0 unspecified atom stereocenters. The average Bonchev–Trinajstić information content (AvgIpc) is 2.92. The molecule has 1 aliphatic heterocycles. The molecule has 1 atom stereocenters. The number of benzene rings is 1. The van der Waals surface area contributed by atoms with Crippen molar-refractivity contribution in [3.05, 3.63) is 65.7 Å². The number of rotatable bonds is 7. The smallest absolute Gasteiger partial charge is 0.324 e. The van der Waals surface area contributed by atoms with Gasteiger partial charge in [0.25, 0.3) is 5.91 Å². The maximum absolute atomic E-state index is 13.2. The molecule has 2 N–H and O–H groups in total. The van der Waals surface area contributed by atoms with E-state index in [0.717, 1.165) is 10.5 Å². The van der Waals surface area contributed by atoms with E-state index in [1.54, 1.807) is 36.7 Å². The Labute approximate surface area is 155 Å². The van der Waals surface area contributed by atoms with Crippen LogP contribution in [0.3, 0.4) is 0 Å². The Hall–Kier alpha value is -3.29. The van der Waals surface area contributed by atoms with E-state index in [0.29, 0.717) is 18.5 Å². The van der Waals surface area contributed by atoms with Crippen LogP contribution in [0.25, 0.3) is 0 Å². The quantitative estimate of drug-likeness (QED) is 0.721. The molecule has 0 bridgehead atoms. The minimum atomic E-state index is -0.887.